The van der Waals surface area contributed by atoms with Crippen LogP contribution in [0.2, 0.25) is 0 Å². The Morgan fingerprint density at radius 2 is 1.62 bits per heavy atom. The lowest BCUT2D eigenvalue weighted by atomic mass is 9.85. The molecule has 178 valence electrons. The largest absolute Gasteiger partial charge is 0.497 e. The van der Waals surface area contributed by atoms with E-state index in [0.717, 1.165) is 33.7 Å². The minimum absolute atomic E-state index is 0.139. The maximum Gasteiger partial charge on any atom is 0.305 e. The average Bonchev–Trinajstić information content (AvgIpc) is 3.59. The summed E-state index contributed by atoms with van der Waals surface area (Å²) >= 11 is 3.40. The highest BCUT2D eigenvalue weighted by atomic mass is 32.2. The van der Waals surface area contributed by atoms with Crippen molar-refractivity contribution in [3.8, 4) is 5.75 Å². The number of aromatic nitrogens is 1. The van der Waals surface area contributed by atoms with E-state index < -0.39 is 0 Å². The number of methoxy groups -OCH3 is 1. The molecule has 0 radical (unpaired) electrons. The van der Waals surface area contributed by atoms with E-state index in [1.807, 2.05) is 48.2 Å². The number of rotatable bonds is 4. The van der Waals surface area contributed by atoms with Crippen molar-refractivity contribution in [1.29, 1.82) is 0 Å². The molecule has 3 aromatic rings. The maximum absolute atomic E-state index is 11.3. The molecule has 2 aromatic carbocycles. The van der Waals surface area contributed by atoms with Gasteiger partial charge in [0.25, 0.3) is 0 Å². The normalized spacial score (nSPS) is 23.2. The zero-order valence-corrected chi connectivity index (χ0v) is 20.6. The van der Waals surface area contributed by atoms with Gasteiger partial charge in [0, 0.05) is 10.1 Å². The number of aromatic amines is 1. The van der Waals surface area contributed by atoms with Gasteiger partial charge >= 0.3 is 4.87 Å². The molecule has 2 aliphatic carbocycles. The van der Waals surface area contributed by atoms with E-state index in [2.05, 4.69) is 4.98 Å². The van der Waals surface area contributed by atoms with Crippen LogP contribution >= 0.6 is 23.1 Å². The summed E-state index contributed by atoms with van der Waals surface area (Å²) in [4.78, 5) is 37.2. The van der Waals surface area contributed by atoms with E-state index in [0.29, 0.717) is 18.5 Å². The van der Waals surface area contributed by atoms with Gasteiger partial charge in [-0.15, -0.1) is 11.8 Å². The summed E-state index contributed by atoms with van der Waals surface area (Å²) in [5.74, 6) is 3.71. The number of carbonyl (C=O) groups is 2. The number of fused-ring (bicyclic) bond motifs is 6. The van der Waals surface area contributed by atoms with Crippen LogP contribution in [-0.4, -0.2) is 30.2 Å². The number of para-hydroxylation sites is 2. The first-order chi connectivity index (χ1) is 16.6. The number of carbonyl (C=O) groups excluding carboxylic acids is 2. The second-order valence-corrected chi connectivity index (χ2v) is 10.8. The molecule has 2 saturated carbocycles. The number of thiazole rings is 1. The maximum atomic E-state index is 11.3. The average molecular weight is 497 g/mol. The van der Waals surface area contributed by atoms with Crippen molar-refractivity contribution in [2.24, 2.45) is 17.8 Å². The highest BCUT2D eigenvalue weighted by Crippen LogP contribution is 2.58. The van der Waals surface area contributed by atoms with E-state index in [9.17, 15) is 14.4 Å². The number of hydrogen-bond acceptors (Lipinski definition) is 6. The van der Waals surface area contributed by atoms with Gasteiger partial charge in [-0.1, -0.05) is 47.7 Å². The number of H-pyrrole nitrogens is 1. The molecule has 3 aliphatic rings. The standard InChI is InChI=1S/C11H13NOS2.C8H7NO2.C7H8O/c13-11-12-10-8(14-11)4-7-5-1-2-6(3-5)9(7)15-10;10-6-9(7-11)8-4-2-1-3-5-8;1-8-7-5-3-2-4-6-7/h5-7,9H,1-4H2,(H,12,13);1-7H;2-6H,1H3/t5?,6-,7-,9+;;/m0../s1. The molecule has 0 saturated heterocycles. The molecule has 4 atom stereocenters. The smallest absolute Gasteiger partial charge is 0.305 e. The van der Waals surface area contributed by atoms with E-state index in [4.69, 9.17) is 4.74 Å². The Hall–Kier alpha value is -2.84. The van der Waals surface area contributed by atoms with Gasteiger partial charge in [-0.2, -0.15) is 0 Å². The Kier molecular flexibility index (Phi) is 8.24. The van der Waals surface area contributed by atoms with Crippen LogP contribution in [0, 0.1) is 17.8 Å². The Morgan fingerprint density at radius 1 is 0.971 bits per heavy atom. The number of thioether (sulfide) groups is 1. The van der Waals surface area contributed by atoms with Crippen LogP contribution < -0.4 is 14.5 Å². The molecule has 2 amide bonds. The highest BCUT2D eigenvalue weighted by molar-refractivity contribution is 8.00. The van der Waals surface area contributed by atoms with Crippen LogP contribution in [0.3, 0.4) is 0 Å². The number of nitrogens with one attached hydrogen (secondary N) is 1. The third kappa shape index (κ3) is 5.62. The van der Waals surface area contributed by atoms with Crippen LogP contribution in [-0.2, 0) is 16.0 Å². The SMILES string of the molecule is COc1ccccc1.O=CN(C=O)c1ccccc1.O=c1[nH]c2c(s1)C[C@H]1C3CC[C@@H](C3)[C@H]1S2. The summed E-state index contributed by atoms with van der Waals surface area (Å²) in [6.07, 6.45) is 6.47. The number of nitrogens with zero attached hydrogens (tertiary/aromatic N) is 1. The molecule has 0 spiro atoms. The molecule has 6 rings (SSSR count). The fourth-order valence-corrected chi connectivity index (χ4v) is 7.76. The summed E-state index contributed by atoms with van der Waals surface area (Å²) in [5, 5.41) is 2.01. The van der Waals surface area contributed by atoms with Crippen molar-refractivity contribution >= 4 is 41.6 Å². The minimum Gasteiger partial charge on any atom is -0.497 e. The van der Waals surface area contributed by atoms with Gasteiger partial charge in [0.1, 0.15) is 5.75 Å². The summed E-state index contributed by atoms with van der Waals surface area (Å²) in [7, 11) is 1.66. The van der Waals surface area contributed by atoms with Crippen LogP contribution in [0.15, 0.2) is 70.5 Å². The van der Waals surface area contributed by atoms with Gasteiger partial charge in [0.05, 0.1) is 17.8 Å². The van der Waals surface area contributed by atoms with E-state index in [1.54, 1.807) is 31.4 Å². The van der Waals surface area contributed by atoms with Crippen LogP contribution in [0.25, 0.3) is 0 Å². The van der Waals surface area contributed by atoms with Crippen LogP contribution in [0.5, 0.6) is 5.75 Å². The quantitative estimate of drug-likeness (QED) is 0.514. The van der Waals surface area contributed by atoms with E-state index >= 15 is 0 Å². The Morgan fingerprint density at radius 3 is 2.24 bits per heavy atom. The van der Waals surface area contributed by atoms with E-state index in [1.165, 1.54) is 46.9 Å². The molecule has 1 unspecified atom stereocenters. The van der Waals surface area contributed by atoms with Gasteiger partial charge in [0.2, 0.25) is 12.8 Å². The molecule has 1 aliphatic heterocycles. The monoisotopic (exact) mass is 496 g/mol. The van der Waals surface area contributed by atoms with Crippen molar-refractivity contribution in [3.05, 3.63) is 75.2 Å². The fourth-order valence-electron chi connectivity index (χ4n) is 5.05. The first kappa shape index (κ1) is 24.3. The second-order valence-electron chi connectivity index (χ2n) is 8.52. The molecule has 2 fully saturated rings. The first-order valence-electron chi connectivity index (χ1n) is 11.3. The van der Waals surface area contributed by atoms with Crippen molar-refractivity contribution in [2.45, 2.75) is 36.0 Å². The molecule has 6 nitrogen and oxygen atoms in total. The van der Waals surface area contributed by atoms with Crippen molar-refractivity contribution in [3.63, 3.8) is 0 Å². The summed E-state index contributed by atoms with van der Waals surface area (Å²) in [5.41, 5.74) is 0.581. The molecule has 8 heteroatoms. The predicted molar refractivity (Wildman–Crippen MR) is 137 cm³/mol. The number of benzene rings is 2. The molecule has 1 aromatic heterocycles. The summed E-state index contributed by atoms with van der Waals surface area (Å²) in [6, 6.07) is 18.4. The number of hydrogen-bond donors (Lipinski definition) is 1. The number of imide groups is 1. The van der Waals surface area contributed by atoms with Crippen LogP contribution in [0.4, 0.5) is 5.69 Å². The topological polar surface area (TPSA) is 79.5 Å². The fraction of sp³-hybridized carbons (Fsp3) is 0.346. The lowest BCUT2D eigenvalue weighted by molar-refractivity contribution is -0.113. The second kappa shape index (κ2) is 11.5. The van der Waals surface area contributed by atoms with E-state index in [-0.39, 0.29) is 4.87 Å². The highest BCUT2D eigenvalue weighted by Gasteiger charge is 2.50. The van der Waals surface area contributed by atoms with Crippen molar-refractivity contribution in [1.82, 2.24) is 4.98 Å². The zero-order chi connectivity index (χ0) is 23.9. The minimum atomic E-state index is 0.139. The Bertz CT molecular complexity index is 1090. The molecule has 2 bridgehead atoms. The molecular formula is C26H28N2O4S2. The summed E-state index contributed by atoms with van der Waals surface area (Å²) in [6.45, 7) is 0. The third-order valence-electron chi connectivity index (χ3n) is 6.63. The molecule has 34 heavy (non-hydrogen) atoms. The molecule has 2 heterocycles. The van der Waals surface area contributed by atoms with Gasteiger partial charge < -0.3 is 9.72 Å². The summed E-state index contributed by atoms with van der Waals surface area (Å²) < 4.78 is 4.91. The first-order valence-corrected chi connectivity index (χ1v) is 13.0. The number of amides is 2. The number of ether oxygens (including phenoxy) is 1. The third-order valence-corrected chi connectivity index (χ3v) is 9.25. The Balaban J connectivity index is 0.000000128. The number of anilines is 1. The van der Waals surface area contributed by atoms with Gasteiger partial charge in [-0.25, -0.2) is 0 Å². The predicted octanol–water partition coefficient (Wildman–Crippen LogP) is 5.00. The molecular weight excluding hydrogens is 468 g/mol. The van der Waals surface area contributed by atoms with Gasteiger partial charge in [-0.05, 0) is 67.7 Å². The lowest BCUT2D eigenvalue weighted by Gasteiger charge is -2.33. The van der Waals surface area contributed by atoms with Gasteiger partial charge in [-0.3, -0.25) is 19.3 Å². The van der Waals surface area contributed by atoms with Gasteiger partial charge in [0.15, 0.2) is 0 Å². The lowest BCUT2D eigenvalue weighted by Crippen LogP contribution is -2.29. The van der Waals surface area contributed by atoms with Crippen molar-refractivity contribution in [2.75, 3.05) is 12.0 Å². The molecule has 1 N–H and O–H groups in total. The Labute approximate surface area is 207 Å². The van der Waals surface area contributed by atoms with Crippen molar-refractivity contribution < 1.29 is 14.3 Å². The van der Waals surface area contributed by atoms with Crippen LogP contribution in [0.1, 0.15) is 24.1 Å². The zero-order valence-electron chi connectivity index (χ0n) is 19.0.